The molecule has 3 heteroatoms. The van der Waals surface area contributed by atoms with E-state index in [1.165, 1.54) is 19.3 Å². The second kappa shape index (κ2) is 6.20. The average molecular weight is 260 g/mol. The first-order chi connectivity index (χ1) is 9.08. The van der Waals surface area contributed by atoms with Crippen LogP contribution in [0, 0.1) is 13.8 Å². The zero-order valence-electron chi connectivity index (χ0n) is 12.0. The number of ketones is 1. The molecule has 1 fully saturated rings. The number of likely N-dealkylation sites (tertiary alicyclic amines) is 1. The van der Waals surface area contributed by atoms with Gasteiger partial charge in [0.1, 0.15) is 0 Å². The highest BCUT2D eigenvalue weighted by molar-refractivity contribution is 5.99. The summed E-state index contributed by atoms with van der Waals surface area (Å²) in [7, 11) is 0. The molecule has 1 aliphatic heterocycles. The number of aryl methyl sites for hydroxylation is 2. The van der Waals surface area contributed by atoms with E-state index < -0.39 is 0 Å². The summed E-state index contributed by atoms with van der Waals surface area (Å²) in [5.41, 5.74) is 9.41. The standard InChI is InChI=1S/C16H24N2O/c1-12-10-14(17)11-13(2)16(12)15(19)6-9-18-7-4-3-5-8-18/h10-11H,3-9,17H2,1-2H3. The molecular weight excluding hydrogens is 236 g/mol. The number of anilines is 1. The molecule has 0 aromatic heterocycles. The molecule has 2 N–H and O–H groups in total. The number of rotatable bonds is 4. The first-order valence-corrected chi connectivity index (χ1v) is 7.20. The normalized spacial score (nSPS) is 16.5. The predicted octanol–water partition coefficient (Wildman–Crippen LogP) is 2.94. The summed E-state index contributed by atoms with van der Waals surface area (Å²) in [5.74, 6) is 0.251. The number of piperidine rings is 1. The summed E-state index contributed by atoms with van der Waals surface area (Å²) < 4.78 is 0. The second-order valence-corrected chi connectivity index (χ2v) is 5.61. The zero-order chi connectivity index (χ0) is 13.8. The molecule has 1 saturated heterocycles. The Labute approximate surface area is 115 Å². The molecule has 1 aromatic rings. The van der Waals surface area contributed by atoms with Crippen LogP contribution in [-0.4, -0.2) is 30.3 Å². The van der Waals surface area contributed by atoms with Gasteiger partial charge in [0.2, 0.25) is 0 Å². The lowest BCUT2D eigenvalue weighted by atomic mass is 9.96. The number of hydrogen-bond acceptors (Lipinski definition) is 3. The lowest BCUT2D eigenvalue weighted by Gasteiger charge is -2.26. The third-order valence-electron chi connectivity index (χ3n) is 3.94. The van der Waals surface area contributed by atoms with Gasteiger partial charge < -0.3 is 10.6 Å². The Morgan fingerprint density at radius 2 is 1.74 bits per heavy atom. The van der Waals surface area contributed by atoms with Gasteiger partial charge in [0, 0.05) is 24.2 Å². The maximum atomic E-state index is 12.4. The molecule has 0 amide bonds. The Kier molecular flexibility index (Phi) is 4.59. The summed E-state index contributed by atoms with van der Waals surface area (Å²) in [4.78, 5) is 14.8. The van der Waals surface area contributed by atoms with Crippen LogP contribution in [0.15, 0.2) is 12.1 Å². The molecule has 0 atom stereocenters. The maximum absolute atomic E-state index is 12.4. The largest absolute Gasteiger partial charge is 0.399 e. The van der Waals surface area contributed by atoms with Gasteiger partial charge in [0.25, 0.3) is 0 Å². The van der Waals surface area contributed by atoms with Crippen LogP contribution in [0.3, 0.4) is 0 Å². The van der Waals surface area contributed by atoms with Gasteiger partial charge in [-0.1, -0.05) is 6.42 Å². The van der Waals surface area contributed by atoms with E-state index in [1.54, 1.807) is 0 Å². The molecular formula is C16H24N2O. The van der Waals surface area contributed by atoms with E-state index in [-0.39, 0.29) is 5.78 Å². The molecule has 1 aromatic carbocycles. The number of nitrogen functional groups attached to an aromatic ring is 1. The van der Waals surface area contributed by atoms with Crippen LogP contribution in [0.4, 0.5) is 5.69 Å². The molecule has 0 bridgehead atoms. The molecule has 104 valence electrons. The zero-order valence-corrected chi connectivity index (χ0v) is 12.0. The smallest absolute Gasteiger partial charge is 0.164 e. The number of nitrogens with two attached hydrogens (primary N) is 1. The van der Waals surface area contributed by atoms with Gasteiger partial charge in [-0.25, -0.2) is 0 Å². The van der Waals surface area contributed by atoms with E-state index in [0.717, 1.165) is 42.0 Å². The molecule has 19 heavy (non-hydrogen) atoms. The minimum Gasteiger partial charge on any atom is -0.399 e. The number of carbonyl (C=O) groups excluding carboxylic acids is 1. The van der Waals surface area contributed by atoms with Crippen LogP contribution >= 0.6 is 0 Å². The first-order valence-electron chi connectivity index (χ1n) is 7.20. The predicted molar refractivity (Wildman–Crippen MR) is 79.6 cm³/mol. The maximum Gasteiger partial charge on any atom is 0.164 e. The third kappa shape index (κ3) is 3.57. The molecule has 1 aliphatic rings. The van der Waals surface area contributed by atoms with Gasteiger partial charge in [-0.15, -0.1) is 0 Å². The molecule has 1 heterocycles. The van der Waals surface area contributed by atoms with Gasteiger partial charge in [-0.05, 0) is 63.0 Å². The van der Waals surface area contributed by atoms with Gasteiger partial charge in [0.05, 0.1) is 0 Å². The Hall–Kier alpha value is -1.35. The van der Waals surface area contributed by atoms with E-state index in [9.17, 15) is 4.79 Å². The molecule has 3 nitrogen and oxygen atoms in total. The van der Waals surface area contributed by atoms with Gasteiger partial charge in [-0.2, -0.15) is 0 Å². The number of benzene rings is 1. The number of hydrogen-bond donors (Lipinski definition) is 1. The Morgan fingerprint density at radius 3 is 2.32 bits per heavy atom. The average Bonchev–Trinajstić information content (AvgIpc) is 2.36. The fourth-order valence-electron chi connectivity index (χ4n) is 3.00. The molecule has 0 spiro atoms. The van der Waals surface area contributed by atoms with Crippen molar-refractivity contribution in [2.75, 3.05) is 25.4 Å². The van der Waals surface area contributed by atoms with Gasteiger partial charge in [0.15, 0.2) is 5.78 Å². The number of Topliss-reactive ketones (excluding diaryl/α,β-unsaturated/α-hetero) is 1. The Bertz CT molecular complexity index is 439. The van der Waals surface area contributed by atoms with Crippen molar-refractivity contribution in [3.05, 3.63) is 28.8 Å². The summed E-state index contributed by atoms with van der Waals surface area (Å²) in [6.45, 7) is 7.12. The molecule has 0 aliphatic carbocycles. The van der Waals surface area contributed by atoms with Crippen molar-refractivity contribution in [3.63, 3.8) is 0 Å². The number of nitrogens with zero attached hydrogens (tertiary/aromatic N) is 1. The Balaban J connectivity index is 1.99. The van der Waals surface area contributed by atoms with Crippen molar-refractivity contribution >= 4 is 11.5 Å². The van der Waals surface area contributed by atoms with E-state index in [1.807, 2.05) is 26.0 Å². The van der Waals surface area contributed by atoms with Crippen molar-refractivity contribution < 1.29 is 4.79 Å². The van der Waals surface area contributed by atoms with Crippen LogP contribution in [0.2, 0.25) is 0 Å². The van der Waals surface area contributed by atoms with E-state index in [0.29, 0.717) is 6.42 Å². The van der Waals surface area contributed by atoms with E-state index >= 15 is 0 Å². The fourth-order valence-corrected chi connectivity index (χ4v) is 3.00. The molecule has 2 rings (SSSR count). The third-order valence-corrected chi connectivity index (χ3v) is 3.94. The second-order valence-electron chi connectivity index (χ2n) is 5.61. The fraction of sp³-hybridized carbons (Fsp3) is 0.562. The molecule has 0 radical (unpaired) electrons. The topological polar surface area (TPSA) is 46.3 Å². The minimum absolute atomic E-state index is 0.251. The van der Waals surface area contributed by atoms with Crippen molar-refractivity contribution in [1.29, 1.82) is 0 Å². The highest BCUT2D eigenvalue weighted by atomic mass is 16.1. The first kappa shape index (κ1) is 14.1. The summed E-state index contributed by atoms with van der Waals surface area (Å²) >= 11 is 0. The van der Waals surface area contributed by atoms with Crippen molar-refractivity contribution in [2.24, 2.45) is 0 Å². The highest BCUT2D eigenvalue weighted by Gasteiger charge is 2.16. The monoisotopic (exact) mass is 260 g/mol. The molecule has 0 unspecified atom stereocenters. The van der Waals surface area contributed by atoms with Crippen LogP contribution in [0.5, 0.6) is 0 Å². The van der Waals surface area contributed by atoms with Crippen LogP contribution in [0.25, 0.3) is 0 Å². The van der Waals surface area contributed by atoms with Crippen LogP contribution in [0.1, 0.15) is 47.2 Å². The van der Waals surface area contributed by atoms with Gasteiger partial charge in [-0.3, -0.25) is 4.79 Å². The lowest BCUT2D eigenvalue weighted by Crippen LogP contribution is -2.31. The SMILES string of the molecule is Cc1cc(N)cc(C)c1C(=O)CCN1CCCCC1. The van der Waals surface area contributed by atoms with Gasteiger partial charge >= 0.3 is 0 Å². The van der Waals surface area contributed by atoms with Crippen molar-refractivity contribution in [1.82, 2.24) is 4.90 Å². The lowest BCUT2D eigenvalue weighted by molar-refractivity contribution is 0.0957. The van der Waals surface area contributed by atoms with E-state index in [2.05, 4.69) is 4.90 Å². The summed E-state index contributed by atoms with van der Waals surface area (Å²) in [6.07, 6.45) is 4.49. The number of carbonyl (C=O) groups is 1. The molecule has 0 saturated carbocycles. The van der Waals surface area contributed by atoms with Crippen molar-refractivity contribution in [3.8, 4) is 0 Å². The summed E-state index contributed by atoms with van der Waals surface area (Å²) in [6, 6.07) is 3.78. The van der Waals surface area contributed by atoms with Crippen LogP contribution < -0.4 is 5.73 Å². The van der Waals surface area contributed by atoms with Crippen LogP contribution in [-0.2, 0) is 0 Å². The quantitative estimate of drug-likeness (QED) is 0.669. The van der Waals surface area contributed by atoms with E-state index in [4.69, 9.17) is 5.73 Å². The Morgan fingerprint density at radius 1 is 1.16 bits per heavy atom. The highest BCUT2D eigenvalue weighted by Crippen LogP contribution is 2.20. The summed E-state index contributed by atoms with van der Waals surface area (Å²) in [5, 5.41) is 0. The van der Waals surface area contributed by atoms with Crippen molar-refractivity contribution in [2.45, 2.75) is 39.5 Å². The minimum atomic E-state index is 0.251.